The first-order chi connectivity index (χ1) is 6.61. The van der Waals surface area contributed by atoms with Crippen molar-refractivity contribution in [2.24, 2.45) is 5.73 Å². The number of carboxylic acid groups (broad SMARTS) is 1. The molecule has 4 nitrogen and oxygen atoms in total. The lowest BCUT2D eigenvalue weighted by atomic mass is 10.0. The highest BCUT2D eigenvalue weighted by Crippen LogP contribution is 2.17. The monoisotopic (exact) mass is 194 g/mol. The third-order valence-electron chi connectivity index (χ3n) is 1.81. The fraction of sp³-hybridized carbons (Fsp3) is 0.111. The first kappa shape index (κ1) is 10.2. The van der Waals surface area contributed by atoms with Gasteiger partial charge in [-0.05, 0) is 12.1 Å². The minimum atomic E-state index is -1.22. The normalized spacial score (nSPS) is 9.50. The van der Waals surface area contributed by atoms with Gasteiger partial charge in [-0.3, -0.25) is 0 Å². The second-order valence-electron chi connectivity index (χ2n) is 2.57. The van der Waals surface area contributed by atoms with Gasteiger partial charge in [0.15, 0.2) is 0 Å². The Hall–Kier alpha value is -1.93. The van der Waals surface area contributed by atoms with Crippen molar-refractivity contribution in [3.8, 4) is 6.07 Å². The molecular weight excluding hydrogens is 187 g/mol. The highest BCUT2D eigenvalue weighted by atomic mass is 19.1. The van der Waals surface area contributed by atoms with E-state index in [-0.39, 0.29) is 23.2 Å². The number of aromatic carboxylic acids is 1. The van der Waals surface area contributed by atoms with Crippen molar-refractivity contribution in [1.29, 1.82) is 5.26 Å². The Morgan fingerprint density at radius 1 is 1.64 bits per heavy atom. The minimum absolute atomic E-state index is 0.0278. The number of nitrogens with zero attached hydrogens (tertiary/aromatic N) is 1. The Bertz CT molecular complexity index is 424. The summed E-state index contributed by atoms with van der Waals surface area (Å²) in [6, 6.07) is 3.64. The lowest BCUT2D eigenvalue weighted by molar-refractivity contribution is 0.0695. The van der Waals surface area contributed by atoms with E-state index >= 15 is 0 Å². The van der Waals surface area contributed by atoms with Crippen molar-refractivity contribution in [3.63, 3.8) is 0 Å². The maximum Gasteiger partial charge on any atom is 0.336 e. The fourth-order valence-electron chi connectivity index (χ4n) is 1.15. The van der Waals surface area contributed by atoms with Crippen LogP contribution in [0.25, 0.3) is 0 Å². The van der Waals surface area contributed by atoms with E-state index in [1.54, 1.807) is 6.07 Å². The Kier molecular flexibility index (Phi) is 2.79. The molecule has 0 amide bonds. The number of carbonyl (C=O) groups is 1. The topological polar surface area (TPSA) is 87.1 Å². The Balaban J connectivity index is 3.50. The van der Waals surface area contributed by atoms with Crippen LogP contribution >= 0.6 is 0 Å². The molecule has 0 heterocycles. The summed E-state index contributed by atoms with van der Waals surface area (Å²) < 4.78 is 13.0. The molecule has 0 saturated heterocycles. The molecule has 0 atom stereocenters. The van der Waals surface area contributed by atoms with E-state index in [9.17, 15) is 9.18 Å². The largest absolute Gasteiger partial charge is 0.478 e. The van der Waals surface area contributed by atoms with E-state index in [2.05, 4.69) is 0 Å². The summed E-state index contributed by atoms with van der Waals surface area (Å²) in [5, 5.41) is 17.3. The zero-order valence-electron chi connectivity index (χ0n) is 7.12. The summed E-state index contributed by atoms with van der Waals surface area (Å²) in [4.78, 5) is 10.7. The van der Waals surface area contributed by atoms with E-state index in [0.29, 0.717) is 0 Å². The van der Waals surface area contributed by atoms with Gasteiger partial charge in [-0.1, -0.05) is 0 Å². The predicted octanol–water partition coefficient (Wildman–Crippen LogP) is 0.854. The predicted molar refractivity (Wildman–Crippen MR) is 46.0 cm³/mol. The number of rotatable bonds is 2. The number of halogens is 1. The summed E-state index contributed by atoms with van der Waals surface area (Å²) in [5.74, 6) is -1.97. The second-order valence-corrected chi connectivity index (χ2v) is 2.57. The molecule has 0 radical (unpaired) electrons. The molecule has 3 N–H and O–H groups in total. The number of nitrogens with two attached hydrogens (primary N) is 1. The molecule has 0 aliphatic carbocycles. The lowest BCUT2D eigenvalue weighted by Gasteiger charge is -2.05. The van der Waals surface area contributed by atoms with Crippen LogP contribution in [0.5, 0.6) is 0 Å². The highest BCUT2D eigenvalue weighted by molar-refractivity contribution is 5.90. The molecule has 1 rings (SSSR count). The molecule has 0 saturated carbocycles. The van der Waals surface area contributed by atoms with Crippen LogP contribution in [0, 0.1) is 17.1 Å². The van der Waals surface area contributed by atoms with Crippen LogP contribution in [0.1, 0.15) is 21.5 Å². The van der Waals surface area contributed by atoms with Crippen LogP contribution in [0.2, 0.25) is 0 Å². The maximum absolute atomic E-state index is 13.0. The molecule has 72 valence electrons. The second kappa shape index (κ2) is 3.85. The van der Waals surface area contributed by atoms with Gasteiger partial charge in [-0.2, -0.15) is 5.26 Å². The van der Waals surface area contributed by atoms with E-state index in [0.717, 1.165) is 12.1 Å². The van der Waals surface area contributed by atoms with Gasteiger partial charge < -0.3 is 10.8 Å². The molecule has 1 aromatic carbocycles. The smallest absolute Gasteiger partial charge is 0.336 e. The molecule has 0 fully saturated rings. The van der Waals surface area contributed by atoms with Gasteiger partial charge in [0.25, 0.3) is 0 Å². The molecule has 0 bridgehead atoms. The number of benzene rings is 1. The number of nitriles is 1. The zero-order chi connectivity index (χ0) is 10.7. The number of carboxylic acids is 1. The number of hydrogen-bond donors (Lipinski definition) is 2. The van der Waals surface area contributed by atoms with Gasteiger partial charge in [0.05, 0.1) is 11.1 Å². The van der Waals surface area contributed by atoms with Crippen LogP contribution in [0.4, 0.5) is 4.39 Å². The summed E-state index contributed by atoms with van der Waals surface area (Å²) >= 11 is 0. The maximum atomic E-state index is 13.0. The van der Waals surface area contributed by atoms with Gasteiger partial charge >= 0.3 is 5.97 Å². The third-order valence-corrected chi connectivity index (χ3v) is 1.81. The van der Waals surface area contributed by atoms with Crippen LogP contribution in [-0.4, -0.2) is 11.1 Å². The van der Waals surface area contributed by atoms with Gasteiger partial charge in [-0.15, -0.1) is 0 Å². The van der Waals surface area contributed by atoms with Gasteiger partial charge in [0.2, 0.25) is 0 Å². The number of hydrogen-bond acceptors (Lipinski definition) is 3. The summed E-state index contributed by atoms with van der Waals surface area (Å²) in [6.07, 6.45) is 0. The van der Waals surface area contributed by atoms with Crippen molar-refractivity contribution in [2.75, 3.05) is 0 Å². The Morgan fingerprint density at radius 2 is 2.29 bits per heavy atom. The van der Waals surface area contributed by atoms with E-state index in [1.165, 1.54) is 0 Å². The van der Waals surface area contributed by atoms with E-state index < -0.39 is 11.8 Å². The van der Waals surface area contributed by atoms with Gasteiger partial charge in [0.1, 0.15) is 11.9 Å². The van der Waals surface area contributed by atoms with Gasteiger partial charge in [0, 0.05) is 12.1 Å². The van der Waals surface area contributed by atoms with Crippen molar-refractivity contribution in [3.05, 3.63) is 34.6 Å². The average molecular weight is 194 g/mol. The molecule has 0 aliphatic heterocycles. The van der Waals surface area contributed by atoms with Crippen molar-refractivity contribution in [1.82, 2.24) is 0 Å². The lowest BCUT2D eigenvalue weighted by Crippen LogP contribution is -2.10. The van der Waals surface area contributed by atoms with Crippen molar-refractivity contribution < 1.29 is 14.3 Å². The molecule has 5 heteroatoms. The molecule has 14 heavy (non-hydrogen) atoms. The SMILES string of the molecule is N#Cc1c(F)ccc(C(=O)O)c1CN. The van der Waals surface area contributed by atoms with E-state index in [1.807, 2.05) is 0 Å². The molecule has 1 aromatic rings. The van der Waals surface area contributed by atoms with Gasteiger partial charge in [-0.25, -0.2) is 9.18 Å². The average Bonchev–Trinajstić information content (AvgIpc) is 2.16. The Morgan fingerprint density at radius 3 is 2.71 bits per heavy atom. The molecular formula is C9H7FN2O2. The summed E-state index contributed by atoms with van der Waals surface area (Å²) in [6.45, 7) is -0.178. The summed E-state index contributed by atoms with van der Waals surface area (Å²) in [5.41, 5.74) is 4.85. The molecule has 0 aliphatic rings. The zero-order valence-corrected chi connectivity index (χ0v) is 7.12. The minimum Gasteiger partial charge on any atom is -0.478 e. The first-order valence-electron chi connectivity index (χ1n) is 3.76. The standard InChI is InChI=1S/C9H7FN2O2/c10-8-2-1-5(9(13)14)6(3-11)7(8)4-12/h1-2H,3,11H2,(H,13,14). The molecule has 0 aromatic heterocycles. The third kappa shape index (κ3) is 1.56. The quantitative estimate of drug-likeness (QED) is 0.730. The van der Waals surface area contributed by atoms with Crippen molar-refractivity contribution in [2.45, 2.75) is 6.54 Å². The Labute approximate surface area is 79.4 Å². The fourth-order valence-corrected chi connectivity index (χ4v) is 1.15. The highest BCUT2D eigenvalue weighted by Gasteiger charge is 2.16. The first-order valence-corrected chi connectivity index (χ1v) is 3.76. The molecule has 0 unspecified atom stereocenters. The van der Waals surface area contributed by atoms with Crippen molar-refractivity contribution >= 4 is 5.97 Å². The van der Waals surface area contributed by atoms with Crippen LogP contribution in [0.15, 0.2) is 12.1 Å². The van der Waals surface area contributed by atoms with E-state index in [4.69, 9.17) is 16.1 Å². The molecule has 0 spiro atoms. The van der Waals surface area contributed by atoms with Crippen LogP contribution < -0.4 is 5.73 Å². The summed E-state index contributed by atoms with van der Waals surface area (Å²) in [7, 11) is 0. The van der Waals surface area contributed by atoms with Crippen LogP contribution in [0.3, 0.4) is 0 Å². The van der Waals surface area contributed by atoms with Crippen LogP contribution in [-0.2, 0) is 6.54 Å².